The second-order valence-electron chi connectivity index (χ2n) is 14.6. The molecule has 1 amide bonds. The van der Waals surface area contributed by atoms with Gasteiger partial charge >= 0.3 is 0 Å². The summed E-state index contributed by atoms with van der Waals surface area (Å²) in [5.41, 5.74) is 9.58. The molecule has 0 saturated heterocycles. The second kappa shape index (κ2) is 18.5. The lowest BCUT2D eigenvalue weighted by atomic mass is 10.1. The third-order valence-electron chi connectivity index (χ3n) is 9.75. The van der Waals surface area contributed by atoms with Crippen molar-refractivity contribution < 1.29 is 18.7 Å². The fraction of sp³-hybridized carbons (Fsp3) is 0.196. The number of nitrogens with zero attached hydrogens (tertiary/aromatic N) is 5. The molecule has 8 bridgehead atoms. The van der Waals surface area contributed by atoms with Gasteiger partial charge in [0.25, 0.3) is 0 Å². The molecular weight excluding hydrogens is 781 g/mol. The number of methoxy groups -OCH3 is 1. The number of aromatic nitrogens is 6. The van der Waals surface area contributed by atoms with Gasteiger partial charge in [-0.15, -0.1) is 0 Å². The molecule has 6 heterocycles. The fourth-order valence-electron chi connectivity index (χ4n) is 6.40. The standard InChI is InChI=1S/C26H29ClFN5O3.C20H14N4/c1-33(10-11-35-2)9-3-4-25(34)32-23-13-19-22(14-24(23)36-15-17-5-6-17)29-16-30-26(19)31-18-7-8-21(28)20(27)12-18;1-2-14-10-16-5-6-18(23-16)12-20-8-7-19(24-20)11-17-4-3-15(22-17)9-13(1)21-14/h3-4,7-8,12-14,16-17H,5-6,9-11,15H2,1-2H3,(H,32,34)(H,29,30,31);1-12,21-22H. The number of ether oxygens (including phenoxy) is 2. The van der Waals surface area contributed by atoms with E-state index >= 15 is 0 Å². The van der Waals surface area contributed by atoms with E-state index in [1.54, 1.807) is 31.4 Å². The minimum Gasteiger partial charge on any atom is -0.491 e. The number of nitrogens with one attached hydrogen (secondary N) is 4. The average Bonchev–Trinajstić information content (AvgIpc) is 3.56. The predicted octanol–water partition coefficient (Wildman–Crippen LogP) is 9.68. The first-order valence-corrected chi connectivity index (χ1v) is 19.9. The van der Waals surface area contributed by atoms with E-state index < -0.39 is 5.82 Å². The maximum absolute atomic E-state index is 13.6. The van der Waals surface area contributed by atoms with Crippen molar-refractivity contribution in [2.24, 2.45) is 5.92 Å². The van der Waals surface area contributed by atoms with Crippen LogP contribution in [-0.2, 0) is 9.53 Å². The van der Waals surface area contributed by atoms with Gasteiger partial charge in [-0.1, -0.05) is 17.7 Å². The molecule has 1 fully saturated rings. The van der Waals surface area contributed by atoms with Gasteiger partial charge in [-0.25, -0.2) is 24.3 Å². The van der Waals surface area contributed by atoms with Crippen LogP contribution in [0, 0.1) is 11.7 Å². The zero-order valence-corrected chi connectivity index (χ0v) is 33.8. The van der Waals surface area contributed by atoms with E-state index in [9.17, 15) is 9.18 Å². The normalized spacial score (nSPS) is 13.2. The lowest BCUT2D eigenvalue weighted by molar-refractivity contribution is -0.111. The van der Waals surface area contributed by atoms with Gasteiger partial charge in [0.15, 0.2) is 0 Å². The van der Waals surface area contributed by atoms with Crippen LogP contribution < -0.4 is 15.4 Å². The van der Waals surface area contributed by atoms with Crippen molar-refractivity contribution in [1.82, 2.24) is 34.8 Å². The molecule has 4 aromatic heterocycles. The Morgan fingerprint density at radius 2 is 1.52 bits per heavy atom. The maximum atomic E-state index is 13.6. The quantitative estimate of drug-likeness (QED) is 0.0885. The average molecular weight is 824 g/mol. The van der Waals surface area contributed by atoms with E-state index in [0.29, 0.717) is 59.5 Å². The molecule has 12 nitrogen and oxygen atoms in total. The van der Waals surface area contributed by atoms with Crippen molar-refractivity contribution in [1.29, 1.82) is 0 Å². The summed E-state index contributed by atoms with van der Waals surface area (Å²) < 4.78 is 24.7. The number of amides is 1. The zero-order chi connectivity index (χ0) is 41.4. The third kappa shape index (κ3) is 10.7. The summed E-state index contributed by atoms with van der Waals surface area (Å²) in [5, 5.41) is 6.74. The first-order chi connectivity index (χ1) is 29.2. The van der Waals surface area contributed by atoms with Gasteiger partial charge < -0.3 is 35.0 Å². The number of hydrogen-bond donors (Lipinski definition) is 4. The van der Waals surface area contributed by atoms with E-state index in [2.05, 4.69) is 70.9 Å². The number of H-pyrrole nitrogens is 2. The smallest absolute Gasteiger partial charge is 0.248 e. The number of carbonyl (C=O) groups excluding carboxylic acids is 1. The first-order valence-electron chi connectivity index (χ1n) is 19.6. The van der Waals surface area contributed by atoms with Crippen molar-refractivity contribution in [2.75, 3.05) is 51.1 Å². The molecule has 0 spiro atoms. The van der Waals surface area contributed by atoms with Gasteiger partial charge in [0, 0.05) is 65.5 Å². The van der Waals surface area contributed by atoms with Gasteiger partial charge in [0.2, 0.25) is 5.91 Å². The minimum atomic E-state index is -0.504. The number of likely N-dealkylation sites (N-methyl/N-ethyl adjacent to an activating group) is 1. The van der Waals surface area contributed by atoms with E-state index in [-0.39, 0.29) is 10.9 Å². The Bertz CT molecular complexity index is 2700. The van der Waals surface area contributed by atoms with Crippen molar-refractivity contribution in [2.45, 2.75) is 12.8 Å². The molecule has 0 atom stereocenters. The number of aromatic amines is 2. The van der Waals surface area contributed by atoms with E-state index in [4.69, 9.17) is 21.1 Å². The van der Waals surface area contributed by atoms with Crippen LogP contribution in [0.2, 0.25) is 5.02 Å². The van der Waals surface area contributed by atoms with E-state index in [1.165, 1.54) is 24.5 Å². The number of carbonyl (C=O) groups is 1. The van der Waals surface area contributed by atoms with Crippen LogP contribution in [0.4, 0.5) is 21.6 Å². The maximum Gasteiger partial charge on any atom is 0.248 e. The van der Waals surface area contributed by atoms with Gasteiger partial charge in [-0.2, -0.15) is 0 Å². The lowest BCUT2D eigenvalue weighted by Crippen LogP contribution is -2.23. The molecule has 9 rings (SSSR count). The Kier molecular flexibility index (Phi) is 12.4. The number of halogens is 2. The Morgan fingerprint density at radius 3 is 2.15 bits per heavy atom. The van der Waals surface area contributed by atoms with Crippen LogP contribution in [0.25, 0.3) is 57.3 Å². The summed E-state index contributed by atoms with van der Waals surface area (Å²) in [7, 11) is 3.61. The highest BCUT2D eigenvalue weighted by Crippen LogP contribution is 2.36. The first kappa shape index (κ1) is 40.1. The van der Waals surface area contributed by atoms with E-state index in [0.717, 1.165) is 64.2 Å². The summed E-state index contributed by atoms with van der Waals surface area (Å²) >= 11 is 5.93. The molecule has 2 aromatic carbocycles. The van der Waals surface area contributed by atoms with Crippen LogP contribution in [0.1, 0.15) is 35.6 Å². The number of anilines is 3. The highest BCUT2D eigenvalue weighted by molar-refractivity contribution is 6.31. The second-order valence-corrected chi connectivity index (χ2v) is 15.1. The highest BCUT2D eigenvalue weighted by atomic mass is 35.5. The predicted molar refractivity (Wildman–Crippen MR) is 238 cm³/mol. The molecule has 6 aromatic rings. The summed E-state index contributed by atoms with van der Waals surface area (Å²) in [4.78, 5) is 39.5. The molecule has 1 saturated carbocycles. The summed E-state index contributed by atoms with van der Waals surface area (Å²) in [6.07, 6.45) is 15.1. The summed E-state index contributed by atoms with van der Waals surface area (Å²) in [6, 6.07) is 24.3. The summed E-state index contributed by atoms with van der Waals surface area (Å²) in [6.45, 7) is 2.58. The Morgan fingerprint density at radius 1 is 0.867 bits per heavy atom. The Hall–Kier alpha value is -6.67. The number of fused-ring (bicyclic) bond motifs is 9. The van der Waals surface area contributed by atoms with Crippen molar-refractivity contribution in [3.05, 3.63) is 131 Å². The SMILES string of the molecule is C1=Cc2cc3ccc(cc4ccc(cc5nc(cc1n2)C=C5)[nH]4)[nH]3.COCCN(C)CC=CC(=O)Nc1cc2c(Nc3ccc(F)c(Cl)c3)ncnc2cc1OCC1CC1. The van der Waals surface area contributed by atoms with Gasteiger partial charge in [0.1, 0.15) is 23.7 Å². The van der Waals surface area contributed by atoms with Crippen molar-refractivity contribution in [3.63, 3.8) is 0 Å². The zero-order valence-electron chi connectivity index (χ0n) is 33.1. The van der Waals surface area contributed by atoms with Gasteiger partial charge in [-0.05, 0) is 123 Å². The molecule has 0 unspecified atom stereocenters. The molecular formula is C46H43ClFN9O3. The molecule has 4 N–H and O–H groups in total. The molecule has 1 aliphatic carbocycles. The lowest BCUT2D eigenvalue weighted by Gasteiger charge is -2.15. The monoisotopic (exact) mass is 823 g/mol. The molecule has 2 aliphatic heterocycles. The number of hydrogen-bond acceptors (Lipinski definition) is 9. The van der Waals surface area contributed by atoms with Crippen LogP contribution in [0.3, 0.4) is 0 Å². The van der Waals surface area contributed by atoms with Crippen LogP contribution in [0.15, 0.2) is 97.3 Å². The van der Waals surface area contributed by atoms with Crippen LogP contribution in [-0.4, -0.2) is 81.2 Å². The number of benzene rings is 2. The molecule has 304 valence electrons. The Balaban J connectivity index is 0.000000179. The third-order valence-corrected chi connectivity index (χ3v) is 10.0. The molecule has 14 heteroatoms. The topological polar surface area (TPSA) is 146 Å². The summed E-state index contributed by atoms with van der Waals surface area (Å²) in [5.74, 6) is 0.792. The highest BCUT2D eigenvalue weighted by Gasteiger charge is 2.23. The van der Waals surface area contributed by atoms with Gasteiger partial charge in [-0.3, -0.25) is 4.79 Å². The molecule has 60 heavy (non-hydrogen) atoms. The van der Waals surface area contributed by atoms with Crippen LogP contribution >= 0.6 is 11.6 Å². The van der Waals surface area contributed by atoms with Crippen LogP contribution in [0.5, 0.6) is 5.75 Å². The molecule has 3 aliphatic rings. The fourth-order valence-corrected chi connectivity index (χ4v) is 6.58. The van der Waals surface area contributed by atoms with Gasteiger partial charge in [0.05, 0.1) is 52.2 Å². The van der Waals surface area contributed by atoms with Crippen molar-refractivity contribution >= 4 is 92.0 Å². The number of rotatable bonds is 12. The minimum absolute atomic E-state index is 0.00160. The largest absolute Gasteiger partial charge is 0.491 e. The molecule has 0 radical (unpaired) electrons. The Labute approximate surface area is 350 Å². The van der Waals surface area contributed by atoms with E-state index in [1.807, 2.05) is 54.5 Å². The van der Waals surface area contributed by atoms with Crippen molar-refractivity contribution in [3.8, 4) is 5.75 Å².